The topological polar surface area (TPSA) is 94.7 Å². The highest BCUT2D eigenvalue weighted by Gasteiger charge is 2.35. The van der Waals surface area contributed by atoms with Gasteiger partial charge in [-0.15, -0.1) is 0 Å². The average Bonchev–Trinajstić information content (AvgIpc) is 2.94. The van der Waals surface area contributed by atoms with Crippen molar-refractivity contribution >= 4 is 34.2 Å². The minimum absolute atomic E-state index is 0.0559. The standard InChI is InChI=1S/C30H29ClF2N6O3/c1-2-25(40)38-13-12-37(16-19(38)6-8-34)29-22-15-23(31)26(21-5-4-18(32)14-24(21)33)28-27(22)39(30(41)35-29)20(17-42-28)7-11-36-9-3-10-36/h2,4-5,14-15,19-20H,1,3,6-7,9-13,16-17H2/t19-,20?/m0/s1. The number of carbonyl (C=O) groups is 1. The molecule has 2 saturated heterocycles. The molecule has 42 heavy (non-hydrogen) atoms. The number of nitriles is 1. The van der Waals surface area contributed by atoms with Crippen LogP contribution < -0.4 is 15.3 Å². The van der Waals surface area contributed by atoms with Crippen LogP contribution in [-0.2, 0) is 4.79 Å². The fourth-order valence-corrected chi connectivity index (χ4v) is 6.43. The zero-order valence-corrected chi connectivity index (χ0v) is 23.6. The summed E-state index contributed by atoms with van der Waals surface area (Å²) in [5.74, 6) is -1.22. The van der Waals surface area contributed by atoms with Gasteiger partial charge in [0.05, 0.1) is 35.1 Å². The van der Waals surface area contributed by atoms with Gasteiger partial charge in [-0.1, -0.05) is 18.2 Å². The van der Waals surface area contributed by atoms with E-state index in [1.807, 2.05) is 4.90 Å². The zero-order valence-electron chi connectivity index (χ0n) is 22.9. The Balaban J connectivity index is 1.51. The highest BCUT2D eigenvalue weighted by atomic mass is 35.5. The molecule has 1 unspecified atom stereocenters. The molecule has 4 heterocycles. The van der Waals surface area contributed by atoms with Gasteiger partial charge in [-0.05, 0) is 50.2 Å². The molecular formula is C30H29ClF2N6O3. The molecule has 6 rings (SSSR count). The number of carbonyl (C=O) groups excluding carboxylic acids is 1. The molecule has 1 amide bonds. The lowest BCUT2D eigenvalue weighted by atomic mass is 9.99. The second-order valence-electron chi connectivity index (χ2n) is 10.8. The number of ether oxygens (including phenoxy) is 1. The van der Waals surface area contributed by atoms with Crippen LogP contribution in [0.1, 0.15) is 25.3 Å². The van der Waals surface area contributed by atoms with Crippen molar-refractivity contribution in [2.45, 2.75) is 31.3 Å². The summed E-state index contributed by atoms with van der Waals surface area (Å²) in [6.07, 6.45) is 3.12. The Morgan fingerprint density at radius 3 is 2.71 bits per heavy atom. The summed E-state index contributed by atoms with van der Waals surface area (Å²) < 4.78 is 36.8. The van der Waals surface area contributed by atoms with Crippen LogP contribution in [0.2, 0.25) is 5.02 Å². The van der Waals surface area contributed by atoms with E-state index in [1.165, 1.54) is 12.1 Å². The lowest BCUT2D eigenvalue weighted by molar-refractivity contribution is -0.128. The second-order valence-corrected chi connectivity index (χ2v) is 11.2. The molecule has 0 radical (unpaired) electrons. The molecule has 2 aromatic carbocycles. The smallest absolute Gasteiger partial charge is 0.350 e. The molecule has 0 bridgehead atoms. The summed E-state index contributed by atoms with van der Waals surface area (Å²) in [4.78, 5) is 36.5. The summed E-state index contributed by atoms with van der Waals surface area (Å²) in [6, 6.07) is 6.26. The fourth-order valence-electron chi connectivity index (χ4n) is 6.13. The van der Waals surface area contributed by atoms with E-state index in [-0.39, 0.29) is 53.4 Å². The molecule has 2 atom stereocenters. The second kappa shape index (κ2) is 11.3. The minimum Gasteiger partial charge on any atom is -0.488 e. The van der Waals surface area contributed by atoms with Gasteiger partial charge >= 0.3 is 5.69 Å². The molecule has 0 aliphatic carbocycles. The molecule has 12 heteroatoms. The van der Waals surface area contributed by atoms with Gasteiger partial charge in [0.15, 0.2) is 5.75 Å². The van der Waals surface area contributed by atoms with Gasteiger partial charge in [-0.3, -0.25) is 9.36 Å². The van der Waals surface area contributed by atoms with E-state index in [9.17, 15) is 19.2 Å². The Kier molecular flexibility index (Phi) is 7.60. The Bertz CT molecular complexity index is 1680. The van der Waals surface area contributed by atoms with Crippen molar-refractivity contribution in [2.24, 2.45) is 0 Å². The number of likely N-dealkylation sites (tertiary alicyclic amines) is 1. The molecule has 3 aliphatic heterocycles. The first kappa shape index (κ1) is 28.1. The highest BCUT2D eigenvalue weighted by Crippen LogP contribution is 2.47. The number of hydrogen-bond donors (Lipinski definition) is 0. The van der Waals surface area contributed by atoms with Crippen LogP contribution in [0.4, 0.5) is 14.6 Å². The quantitative estimate of drug-likeness (QED) is 0.380. The van der Waals surface area contributed by atoms with E-state index >= 15 is 4.39 Å². The van der Waals surface area contributed by atoms with E-state index in [0.717, 1.165) is 38.2 Å². The van der Waals surface area contributed by atoms with Gasteiger partial charge in [-0.25, -0.2) is 13.6 Å². The van der Waals surface area contributed by atoms with Crippen LogP contribution >= 0.6 is 11.6 Å². The van der Waals surface area contributed by atoms with Crippen molar-refractivity contribution < 1.29 is 18.3 Å². The number of aromatic nitrogens is 2. The van der Waals surface area contributed by atoms with Crippen molar-refractivity contribution in [2.75, 3.05) is 50.8 Å². The van der Waals surface area contributed by atoms with E-state index in [1.54, 1.807) is 15.5 Å². The number of hydrogen-bond acceptors (Lipinski definition) is 7. The Labute approximate surface area is 246 Å². The summed E-state index contributed by atoms with van der Waals surface area (Å²) >= 11 is 6.80. The Morgan fingerprint density at radius 2 is 2.02 bits per heavy atom. The maximum Gasteiger partial charge on any atom is 0.350 e. The zero-order chi connectivity index (χ0) is 29.5. The molecule has 2 fully saturated rings. The third-order valence-corrected chi connectivity index (χ3v) is 8.67. The number of anilines is 1. The molecule has 0 spiro atoms. The van der Waals surface area contributed by atoms with Crippen molar-refractivity contribution in [1.82, 2.24) is 19.4 Å². The van der Waals surface area contributed by atoms with Crippen molar-refractivity contribution in [3.63, 3.8) is 0 Å². The van der Waals surface area contributed by atoms with Crippen LogP contribution in [0, 0.1) is 23.0 Å². The molecule has 9 nitrogen and oxygen atoms in total. The maximum atomic E-state index is 15.1. The number of benzene rings is 2. The van der Waals surface area contributed by atoms with E-state index < -0.39 is 23.4 Å². The third kappa shape index (κ3) is 4.88. The third-order valence-electron chi connectivity index (χ3n) is 8.38. The van der Waals surface area contributed by atoms with Gasteiger partial charge < -0.3 is 19.4 Å². The molecule has 218 valence electrons. The van der Waals surface area contributed by atoms with Crippen molar-refractivity contribution in [3.8, 4) is 22.9 Å². The predicted octanol–water partition coefficient (Wildman–Crippen LogP) is 4.14. The SMILES string of the molecule is C=CC(=O)N1CCN(c2nc(=O)n3c4c(c(-c5ccc(F)cc5F)c(Cl)cc24)OCC3CCN2CCC2)C[C@@H]1CC#N. The van der Waals surface area contributed by atoms with Gasteiger partial charge in [-0.2, -0.15) is 10.2 Å². The summed E-state index contributed by atoms with van der Waals surface area (Å²) in [6.45, 7) is 7.48. The Hall–Kier alpha value is -4.01. The maximum absolute atomic E-state index is 15.1. The molecular weight excluding hydrogens is 566 g/mol. The first-order chi connectivity index (χ1) is 20.3. The molecule has 0 saturated carbocycles. The number of amides is 1. The van der Waals surface area contributed by atoms with E-state index in [2.05, 4.69) is 22.5 Å². The van der Waals surface area contributed by atoms with Crippen molar-refractivity contribution in [3.05, 3.63) is 64.1 Å². The van der Waals surface area contributed by atoms with Gasteiger partial charge in [0, 0.05) is 48.8 Å². The first-order valence-electron chi connectivity index (χ1n) is 13.9. The average molecular weight is 595 g/mol. The predicted molar refractivity (Wildman–Crippen MR) is 155 cm³/mol. The number of rotatable bonds is 7. The Morgan fingerprint density at radius 1 is 1.21 bits per heavy atom. The lowest BCUT2D eigenvalue weighted by Crippen LogP contribution is -2.55. The van der Waals surface area contributed by atoms with Crippen LogP contribution in [0.25, 0.3) is 22.0 Å². The van der Waals surface area contributed by atoms with Gasteiger partial charge in [0.1, 0.15) is 24.1 Å². The van der Waals surface area contributed by atoms with Crippen LogP contribution in [-0.4, -0.2) is 77.2 Å². The summed E-state index contributed by atoms with van der Waals surface area (Å²) in [5.41, 5.74) is 0.247. The monoisotopic (exact) mass is 594 g/mol. The molecule has 1 aromatic heterocycles. The van der Waals surface area contributed by atoms with Crippen LogP contribution in [0.3, 0.4) is 0 Å². The first-order valence-corrected chi connectivity index (χ1v) is 14.3. The van der Waals surface area contributed by atoms with E-state index in [0.29, 0.717) is 36.2 Å². The normalized spacial score (nSPS) is 20.1. The van der Waals surface area contributed by atoms with E-state index in [4.69, 9.17) is 16.3 Å². The largest absolute Gasteiger partial charge is 0.488 e. The number of piperazine rings is 1. The molecule has 0 N–H and O–H groups in total. The van der Waals surface area contributed by atoms with Crippen molar-refractivity contribution in [1.29, 1.82) is 5.26 Å². The lowest BCUT2D eigenvalue weighted by Gasteiger charge is -2.41. The molecule has 3 aromatic rings. The van der Waals surface area contributed by atoms with Gasteiger partial charge in [0.2, 0.25) is 5.91 Å². The van der Waals surface area contributed by atoms with Gasteiger partial charge in [0.25, 0.3) is 0 Å². The highest BCUT2D eigenvalue weighted by molar-refractivity contribution is 6.35. The summed E-state index contributed by atoms with van der Waals surface area (Å²) in [7, 11) is 0. The van der Waals surface area contributed by atoms with Crippen LogP contribution in [0.15, 0.2) is 41.7 Å². The molecule has 3 aliphatic rings. The number of nitrogens with zero attached hydrogens (tertiary/aromatic N) is 6. The fraction of sp³-hybridized carbons (Fsp3) is 0.400. The summed E-state index contributed by atoms with van der Waals surface area (Å²) in [5, 5.41) is 10.1. The minimum atomic E-state index is -0.804. The number of halogens is 3. The van der Waals surface area contributed by atoms with Crippen LogP contribution in [0.5, 0.6) is 5.75 Å².